The molecule has 0 spiro atoms. The molecule has 2 heterocycles. The molecule has 2 aliphatic heterocycles. The highest BCUT2D eigenvalue weighted by atomic mass is 16.8. The molecule has 2 fully saturated rings. The first-order chi connectivity index (χ1) is 18.6. The third-order valence-corrected chi connectivity index (χ3v) is 6.50. The van der Waals surface area contributed by atoms with Gasteiger partial charge in [0.05, 0.1) is 25.4 Å². The van der Waals surface area contributed by atoms with Gasteiger partial charge in [0.1, 0.15) is 47.3 Å². The van der Waals surface area contributed by atoms with Crippen LogP contribution in [0, 0.1) is 0 Å². The molecular formula is C26H30O13. The fraction of sp³-hybridized carbons (Fsp3) is 0.423. The Morgan fingerprint density at radius 3 is 2.36 bits per heavy atom. The van der Waals surface area contributed by atoms with Crippen LogP contribution in [-0.4, -0.2) is 115 Å². The number of benzene rings is 2. The van der Waals surface area contributed by atoms with E-state index in [1.54, 1.807) is 12.1 Å². The second-order valence-electron chi connectivity index (χ2n) is 9.28. The number of rotatable bonds is 9. The molecule has 13 heteroatoms. The molecule has 0 aromatic heterocycles. The number of aromatic hydroxyl groups is 2. The predicted octanol–water partition coefficient (Wildman–Crippen LogP) is -1.36. The first-order valence-corrected chi connectivity index (χ1v) is 12.0. The molecule has 2 aliphatic rings. The molecular weight excluding hydrogens is 520 g/mol. The molecule has 0 bridgehead atoms. The summed E-state index contributed by atoms with van der Waals surface area (Å²) in [6.07, 6.45) is -7.74. The zero-order valence-corrected chi connectivity index (χ0v) is 20.5. The minimum atomic E-state index is -1.99. The molecule has 0 amide bonds. The van der Waals surface area contributed by atoms with Crippen LogP contribution in [0.2, 0.25) is 0 Å². The van der Waals surface area contributed by atoms with Gasteiger partial charge < -0.3 is 59.8 Å². The SMILES string of the molecule is O=C(/C=C/c1ccc(O[C@H]2O[C@@H](CO)[C@H](O)[C@@H](O)[C@@H]2O[C@@H]2OC[C@@](O)(CO)[C@@H]2O)cc1)c1ccc(O)cc1O. The highest BCUT2D eigenvalue weighted by Crippen LogP contribution is 2.32. The van der Waals surface area contributed by atoms with Crippen LogP contribution in [0.1, 0.15) is 15.9 Å². The van der Waals surface area contributed by atoms with Crippen LogP contribution in [0.3, 0.4) is 0 Å². The first-order valence-electron chi connectivity index (χ1n) is 12.0. The van der Waals surface area contributed by atoms with E-state index in [1.807, 2.05) is 0 Å². The van der Waals surface area contributed by atoms with Crippen molar-refractivity contribution in [1.29, 1.82) is 0 Å². The lowest BCUT2D eigenvalue weighted by Crippen LogP contribution is -2.62. The van der Waals surface area contributed by atoms with E-state index in [-0.39, 0.29) is 22.8 Å². The standard InChI is InChI=1S/C26H30O13/c27-10-19-20(32)21(33)22(39-25-23(34)26(35,11-28)12-36-25)24(38-19)37-15-5-1-13(2-6-15)3-8-17(30)16-7-4-14(29)9-18(16)31/h1-9,19-25,27-29,31-35H,10-12H2/b8-3+/t19-,20-,21+,22-,23+,24-,25-,26-/m0/s1. The van der Waals surface area contributed by atoms with Crippen molar-refractivity contribution in [3.8, 4) is 17.2 Å². The van der Waals surface area contributed by atoms with Gasteiger partial charge in [-0.3, -0.25) is 4.79 Å². The van der Waals surface area contributed by atoms with Crippen LogP contribution in [0.15, 0.2) is 48.5 Å². The third kappa shape index (κ3) is 6.22. The van der Waals surface area contributed by atoms with Gasteiger partial charge in [-0.25, -0.2) is 0 Å². The minimum absolute atomic E-state index is 0.0115. The van der Waals surface area contributed by atoms with Crippen molar-refractivity contribution in [3.05, 3.63) is 59.7 Å². The van der Waals surface area contributed by atoms with E-state index in [0.717, 1.165) is 6.07 Å². The van der Waals surface area contributed by atoms with E-state index in [9.17, 15) is 45.6 Å². The Morgan fingerprint density at radius 1 is 1.03 bits per heavy atom. The number of carbonyl (C=O) groups excluding carboxylic acids is 1. The lowest BCUT2D eigenvalue weighted by atomic mass is 9.98. The molecule has 0 unspecified atom stereocenters. The van der Waals surface area contributed by atoms with Gasteiger partial charge in [0.15, 0.2) is 18.2 Å². The Balaban J connectivity index is 1.46. The Labute approximate surface area is 222 Å². The average molecular weight is 551 g/mol. The maximum absolute atomic E-state index is 12.4. The predicted molar refractivity (Wildman–Crippen MR) is 131 cm³/mol. The molecule has 2 aromatic carbocycles. The number of ketones is 1. The average Bonchev–Trinajstić information content (AvgIpc) is 3.21. The summed E-state index contributed by atoms with van der Waals surface area (Å²) in [5.41, 5.74) is -1.39. The summed E-state index contributed by atoms with van der Waals surface area (Å²) in [6, 6.07) is 9.84. The van der Waals surface area contributed by atoms with E-state index < -0.39 is 74.3 Å². The van der Waals surface area contributed by atoms with Gasteiger partial charge in [0.25, 0.3) is 0 Å². The fourth-order valence-corrected chi connectivity index (χ4v) is 4.14. The highest BCUT2D eigenvalue weighted by Gasteiger charge is 2.53. The monoisotopic (exact) mass is 550 g/mol. The van der Waals surface area contributed by atoms with Gasteiger partial charge in [-0.15, -0.1) is 0 Å². The zero-order chi connectivity index (χ0) is 28.3. The topological polar surface area (TPSA) is 216 Å². The molecule has 0 radical (unpaired) electrons. The van der Waals surface area contributed by atoms with Gasteiger partial charge >= 0.3 is 0 Å². The summed E-state index contributed by atoms with van der Waals surface area (Å²) >= 11 is 0. The van der Waals surface area contributed by atoms with Crippen LogP contribution >= 0.6 is 0 Å². The first kappa shape index (κ1) is 28.9. The Hall–Kier alpha value is -3.11. The lowest BCUT2D eigenvalue weighted by Gasteiger charge is -2.42. The normalized spacial score (nSPS) is 32.9. The molecule has 39 heavy (non-hydrogen) atoms. The van der Waals surface area contributed by atoms with E-state index in [0.29, 0.717) is 5.56 Å². The van der Waals surface area contributed by atoms with Gasteiger partial charge in [0, 0.05) is 6.07 Å². The van der Waals surface area contributed by atoms with Crippen molar-refractivity contribution in [3.63, 3.8) is 0 Å². The Morgan fingerprint density at radius 2 is 1.74 bits per heavy atom. The number of phenols is 2. The minimum Gasteiger partial charge on any atom is -0.508 e. The van der Waals surface area contributed by atoms with E-state index in [4.69, 9.17) is 18.9 Å². The smallest absolute Gasteiger partial charge is 0.229 e. The second kappa shape index (κ2) is 12.0. The molecule has 4 rings (SSSR count). The second-order valence-corrected chi connectivity index (χ2v) is 9.28. The van der Waals surface area contributed by atoms with Crippen LogP contribution in [0.25, 0.3) is 6.08 Å². The number of aliphatic hydroxyl groups is 6. The number of aliphatic hydroxyl groups excluding tert-OH is 5. The van der Waals surface area contributed by atoms with Crippen molar-refractivity contribution < 1.29 is 64.6 Å². The molecule has 2 aromatic rings. The molecule has 0 aliphatic carbocycles. The highest BCUT2D eigenvalue weighted by molar-refractivity contribution is 6.08. The number of carbonyl (C=O) groups is 1. The van der Waals surface area contributed by atoms with Gasteiger partial charge in [-0.05, 0) is 35.9 Å². The van der Waals surface area contributed by atoms with Gasteiger partial charge in [0.2, 0.25) is 6.29 Å². The number of phenolic OH excluding ortho intramolecular Hbond substituents is 2. The summed E-state index contributed by atoms with van der Waals surface area (Å²) in [6.45, 7) is -1.91. The van der Waals surface area contributed by atoms with Crippen LogP contribution in [0.5, 0.6) is 17.2 Å². The Bertz CT molecular complexity index is 1170. The van der Waals surface area contributed by atoms with E-state index >= 15 is 0 Å². The van der Waals surface area contributed by atoms with Crippen LogP contribution < -0.4 is 4.74 Å². The molecule has 0 saturated carbocycles. The summed E-state index contributed by atoms with van der Waals surface area (Å²) in [7, 11) is 0. The number of hydrogen-bond acceptors (Lipinski definition) is 13. The Kier molecular flexibility index (Phi) is 8.86. The zero-order valence-electron chi connectivity index (χ0n) is 20.5. The third-order valence-electron chi connectivity index (χ3n) is 6.50. The molecule has 8 N–H and O–H groups in total. The molecule has 2 saturated heterocycles. The van der Waals surface area contributed by atoms with Crippen molar-refractivity contribution in [1.82, 2.24) is 0 Å². The molecule has 212 valence electrons. The van der Waals surface area contributed by atoms with Gasteiger partial charge in [-0.2, -0.15) is 0 Å². The summed E-state index contributed by atoms with van der Waals surface area (Å²) < 4.78 is 22.2. The van der Waals surface area contributed by atoms with Crippen molar-refractivity contribution in [2.75, 3.05) is 19.8 Å². The lowest BCUT2D eigenvalue weighted by molar-refractivity contribution is -0.318. The van der Waals surface area contributed by atoms with Crippen LogP contribution in [-0.2, 0) is 14.2 Å². The fourth-order valence-electron chi connectivity index (χ4n) is 4.14. The van der Waals surface area contributed by atoms with Crippen molar-refractivity contribution >= 4 is 11.9 Å². The largest absolute Gasteiger partial charge is 0.508 e. The van der Waals surface area contributed by atoms with Crippen molar-refractivity contribution in [2.45, 2.75) is 48.7 Å². The van der Waals surface area contributed by atoms with Crippen LogP contribution in [0.4, 0.5) is 0 Å². The quantitative estimate of drug-likeness (QED) is 0.134. The number of allylic oxidation sites excluding steroid dienone is 1. The number of hydrogen-bond donors (Lipinski definition) is 8. The molecule has 13 nitrogen and oxygen atoms in total. The number of ether oxygens (including phenoxy) is 4. The maximum atomic E-state index is 12.4. The summed E-state index contributed by atoms with van der Waals surface area (Å²) in [5, 5.41) is 79.6. The molecule has 8 atom stereocenters. The van der Waals surface area contributed by atoms with E-state index in [1.165, 1.54) is 36.4 Å². The van der Waals surface area contributed by atoms with Crippen molar-refractivity contribution in [2.24, 2.45) is 0 Å². The summed E-state index contributed by atoms with van der Waals surface area (Å²) in [5.74, 6) is -0.810. The summed E-state index contributed by atoms with van der Waals surface area (Å²) in [4.78, 5) is 12.4. The van der Waals surface area contributed by atoms with E-state index in [2.05, 4.69) is 0 Å². The van der Waals surface area contributed by atoms with Gasteiger partial charge in [-0.1, -0.05) is 18.2 Å². The maximum Gasteiger partial charge on any atom is 0.229 e.